The SMILES string of the molecule is O=C(Nc1ccccc1N1CCCC1)N[C@@H]1c2ccccc2C[C@@H]1O. The monoisotopic (exact) mass is 337 g/mol. The van der Waals surface area contributed by atoms with Crippen molar-refractivity contribution < 1.29 is 9.90 Å². The number of aliphatic hydroxyl groups excluding tert-OH is 1. The largest absolute Gasteiger partial charge is 0.390 e. The third kappa shape index (κ3) is 3.20. The van der Waals surface area contributed by atoms with Crippen LogP contribution in [0.15, 0.2) is 48.5 Å². The molecule has 4 rings (SSSR count). The average Bonchev–Trinajstić information content (AvgIpc) is 3.24. The van der Waals surface area contributed by atoms with E-state index in [-0.39, 0.29) is 12.1 Å². The summed E-state index contributed by atoms with van der Waals surface area (Å²) in [5.41, 5.74) is 3.96. The first-order valence-electron chi connectivity index (χ1n) is 8.90. The minimum Gasteiger partial charge on any atom is -0.390 e. The first kappa shape index (κ1) is 16.0. The highest BCUT2D eigenvalue weighted by Crippen LogP contribution is 2.32. The summed E-state index contributed by atoms with van der Waals surface area (Å²) in [5.74, 6) is 0. The highest BCUT2D eigenvalue weighted by molar-refractivity contribution is 5.93. The first-order valence-corrected chi connectivity index (χ1v) is 8.90. The van der Waals surface area contributed by atoms with Crippen LogP contribution in [0.2, 0.25) is 0 Å². The van der Waals surface area contributed by atoms with Crippen LogP contribution >= 0.6 is 0 Å². The van der Waals surface area contributed by atoms with Gasteiger partial charge in [-0.2, -0.15) is 0 Å². The third-order valence-corrected chi connectivity index (χ3v) is 5.09. The van der Waals surface area contributed by atoms with E-state index < -0.39 is 6.10 Å². The van der Waals surface area contributed by atoms with Crippen molar-refractivity contribution in [3.63, 3.8) is 0 Å². The number of nitrogens with zero attached hydrogens (tertiary/aromatic N) is 1. The lowest BCUT2D eigenvalue weighted by molar-refractivity contribution is 0.144. The van der Waals surface area contributed by atoms with E-state index in [1.54, 1.807) is 0 Å². The second-order valence-electron chi connectivity index (χ2n) is 6.76. The Morgan fingerprint density at radius 1 is 1.04 bits per heavy atom. The lowest BCUT2D eigenvalue weighted by Gasteiger charge is -2.23. The zero-order valence-electron chi connectivity index (χ0n) is 14.1. The molecule has 3 N–H and O–H groups in total. The molecule has 2 aromatic rings. The highest BCUT2D eigenvalue weighted by atomic mass is 16.3. The van der Waals surface area contributed by atoms with Gasteiger partial charge in [0, 0.05) is 19.5 Å². The van der Waals surface area contributed by atoms with E-state index >= 15 is 0 Å². The minimum absolute atomic E-state index is 0.285. The molecule has 1 heterocycles. The number of hydrogen-bond acceptors (Lipinski definition) is 3. The molecule has 5 nitrogen and oxygen atoms in total. The van der Waals surface area contributed by atoms with Crippen molar-refractivity contribution >= 4 is 17.4 Å². The fourth-order valence-corrected chi connectivity index (χ4v) is 3.86. The summed E-state index contributed by atoms with van der Waals surface area (Å²) in [5, 5.41) is 16.2. The topological polar surface area (TPSA) is 64.6 Å². The van der Waals surface area contributed by atoms with E-state index in [9.17, 15) is 9.90 Å². The molecule has 1 fully saturated rings. The Morgan fingerprint density at radius 2 is 1.76 bits per heavy atom. The number of para-hydroxylation sites is 2. The maximum absolute atomic E-state index is 12.5. The Balaban J connectivity index is 1.48. The molecule has 2 aromatic carbocycles. The lowest BCUT2D eigenvalue weighted by atomic mass is 10.1. The number of urea groups is 1. The van der Waals surface area contributed by atoms with Gasteiger partial charge in [0.15, 0.2) is 0 Å². The maximum atomic E-state index is 12.5. The molecule has 0 bridgehead atoms. The smallest absolute Gasteiger partial charge is 0.319 e. The average molecular weight is 337 g/mol. The zero-order chi connectivity index (χ0) is 17.2. The predicted molar refractivity (Wildman–Crippen MR) is 98.9 cm³/mol. The number of aliphatic hydroxyl groups is 1. The molecule has 0 saturated carbocycles. The van der Waals surface area contributed by atoms with Gasteiger partial charge < -0.3 is 20.6 Å². The highest BCUT2D eigenvalue weighted by Gasteiger charge is 2.32. The number of rotatable bonds is 3. The molecule has 2 aliphatic rings. The van der Waals surface area contributed by atoms with Gasteiger partial charge in [-0.1, -0.05) is 36.4 Å². The summed E-state index contributed by atoms with van der Waals surface area (Å²) in [6.45, 7) is 2.05. The second-order valence-corrected chi connectivity index (χ2v) is 6.76. The van der Waals surface area contributed by atoms with E-state index in [1.807, 2.05) is 48.5 Å². The number of fused-ring (bicyclic) bond motifs is 1. The second kappa shape index (κ2) is 6.76. The molecule has 0 radical (unpaired) electrons. The number of anilines is 2. The quantitative estimate of drug-likeness (QED) is 0.806. The van der Waals surface area contributed by atoms with Crippen molar-refractivity contribution in [2.24, 2.45) is 0 Å². The summed E-state index contributed by atoms with van der Waals surface area (Å²) >= 11 is 0. The van der Waals surface area contributed by atoms with E-state index in [4.69, 9.17) is 0 Å². The van der Waals surface area contributed by atoms with Crippen LogP contribution in [0, 0.1) is 0 Å². The standard InChI is InChI=1S/C20H23N3O2/c24-18-13-14-7-1-2-8-15(14)19(18)22-20(25)21-16-9-3-4-10-17(16)23-11-5-6-12-23/h1-4,7-10,18-19,24H,5-6,11-13H2,(H2,21,22,25)/t18-,19+/m0/s1. The van der Waals surface area contributed by atoms with Crippen molar-refractivity contribution in [2.45, 2.75) is 31.4 Å². The van der Waals surface area contributed by atoms with Crippen LogP contribution in [0.3, 0.4) is 0 Å². The molecule has 1 aliphatic heterocycles. The summed E-state index contributed by atoms with van der Waals surface area (Å²) in [7, 11) is 0. The van der Waals surface area contributed by atoms with Crippen LogP contribution in [0.25, 0.3) is 0 Å². The molecule has 0 aromatic heterocycles. The van der Waals surface area contributed by atoms with Crippen LogP contribution in [0.4, 0.5) is 16.2 Å². The van der Waals surface area contributed by atoms with Crippen LogP contribution in [0.1, 0.15) is 30.0 Å². The molecular formula is C20H23N3O2. The number of benzene rings is 2. The molecule has 2 amide bonds. The van der Waals surface area contributed by atoms with Gasteiger partial charge in [0.1, 0.15) is 0 Å². The van der Waals surface area contributed by atoms with Gasteiger partial charge in [-0.3, -0.25) is 0 Å². The normalized spacial score (nSPS) is 21.9. The number of carbonyl (C=O) groups excluding carboxylic acids is 1. The van der Waals surface area contributed by atoms with Gasteiger partial charge in [0.05, 0.1) is 23.5 Å². The van der Waals surface area contributed by atoms with E-state index in [2.05, 4.69) is 15.5 Å². The van der Waals surface area contributed by atoms with Crippen molar-refractivity contribution in [3.8, 4) is 0 Å². The first-order chi connectivity index (χ1) is 12.2. The van der Waals surface area contributed by atoms with Crippen LogP contribution < -0.4 is 15.5 Å². The summed E-state index contributed by atoms with van der Waals surface area (Å²) in [4.78, 5) is 14.8. The van der Waals surface area contributed by atoms with Crippen molar-refractivity contribution in [2.75, 3.05) is 23.3 Å². The molecule has 2 atom stereocenters. The fourth-order valence-electron chi connectivity index (χ4n) is 3.86. The molecule has 5 heteroatoms. The van der Waals surface area contributed by atoms with Gasteiger partial charge in [-0.05, 0) is 36.1 Å². The van der Waals surface area contributed by atoms with Gasteiger partial charge in [-0.15, -0.1) is 0 Å². The Hall–Kier alpha value is -2.53. The molecule has 0 unspecified atom stereocenters. The summed E-state index contributed by atoms with van der Waals surface area (Å²) in [6.07, 6.45) is 2.36. The van der Waals surface area contributed by atoms with Crippen LogP contribution in [0.5, 0.6) is 0 Å². The van der Waals surface area contributed by atoms with E-state index in [0.717, 1.165) is 35.6 Å². The number of amides is 2. The molecule has 0 spiro atoms. The van der Waals surface area contributed by atoms with E-state index in [1.165, 1.54) is 12.8 Å². The van der Waals surface area contributed by atoms with Crippen molar-refractivity contribution in [1.29, 1.82) is 0 Å². The number of carbonyl (C=O) groups is 1. The van der Waals surface area contributed by atoms with Crippen molar-refractivity contribution in [1.82, 2.24) is 5.32 Å². The lowest BCUT2D eigenvalue weighted by Crippen LogP contribution is -2.37. The molecule has 130 valence electrons. The Kier molecular flexibility index (Phi) is 4.32. The fraction of sp³-hybridized carbons (Fsp3) is 0.350. The third-order valence-electron chi connectivity index (χ3n) is 5.09. The van der Waals surface area contributed by atoms with Gasteiger partial charge in [-0.25, -0.2) is 4.79 Å². The van der Waals surface area contributed by atoms with Crippen LogP contribution in [-0.4, -0.2) is 30.3 Å². The van der Waals surface area contributed by atoms with Gasteiger partial charge in [0.25, 0.3) is 0 Å². The van der Waals surface area contributed by atoms with E-state index in [0.29, 0.717) is 6.42 Å². The Labute approximate surface area is 147 Å². The predicted octanol–water partition coefficient (Wildman–Crippen LogP) is 3.07. The molecule has 1 saturated heterocycles. The van der Waals surface area contributed by atoms with Gasteiger partial charge in [0.2, 0.25) is 0 Å². The van der Waals surface area contributed by atoms with Gasteiger partial charge >= 0.3 is 6.03 Å². The summed E-state index contributed by atoms with van der Waals surface area (Å²) in [6, 6.07) is 15.1. The number of hydrogen-bond donors (Lipinski definition) is 3. The molecule has 1 aliphatic carbocycles. The molecular weight excluding hydrogens is 314 g/mol. The Bertz CT molecular complexity index is 771. The summed E-state index contributed by atoms with van der Waals surface area (Å²) < 4.78 is 0. The van der Waals surface area contributed by atoms with Crippen LogP contribution in [-0.2, 0) is 6.42 Å². The minimum atomic E-state index is -0.586. The maximum Gasteiger partial charge on any atom is 0.319 e. The molecule has 25 heavy (non-hydrogen) atoms. The Morgan fingerprint density at radius 3 is 2.60 bits per heavy atom. The van der Waals surface area contributed by atoms with Crippen molar-refractivity contribution in [3.05, 3.63) is 59.7 Å². The zero-order valence-corrected chi connectivity index (χ0v) is 14.1. The number of nitrogens with one attached hydrogen (secondary N) is 2.